The zero-order valence-electron chi connectivity index (χ0n) is 12.4. The molecule has 23 heavy (non-hydrogen) atoms. The van der Waals surface area contributed by atoms with Crippen LogP contribution in [0, 0.1) is 11.3 Å². The van der Waals surface area contributed by atoms with Crippen molar-refractivity contribution in [2.75, 3.05) is 5.32 Å². The molecule has 0 unspecified atom stereocenters. The molecule has 0 saturated heterocycles. The molecule has 0 fully saturated rings. The van der Waals surface area contributed by atoms with Crippen LogP contribution in [0.15, 0.2) is 47.2 Å². The van der Waals surface area contributed by atoms with Crippen molar-refractivity contribution < 1.29 is 14.3 Å². The van der Waals surface area contributed by atoms with Gasteiger partial charge in [0.2, 0.25) is 0 Å². The predicted molar refractivity (Wildman–Crippen MR) is 88.7 cm³/mol. The number of carbonyl (C=O) groups excluding carboxylic acids is 2. The Labute approximate surface area is 137 Å². The molecule has 6 heteroatoms. The van der Waals surface area contributed by atoms with Gasteiger partial charge in [-0.3, -0.25) is 4.79 Å². The van der Waals surface area contributed by atoms with Crippen molar-refractivity contribution in [3.8, 4) is 6.07 Å². The molecule has 0 saturated carbocycles. The van der Waals surface area contributed by atoms with Crippen molar-refractivity contribution in [2.24, 2.45) is 0 Å². The Morgan fingerprint density at radius 2 is 2.22 bits per heavy atom. The molecule has 5 nitrogen and oxygen atoms in total. The fourth-order valence-corrected chi connectivity index (χ4v) is 2.34. The molecular weight excluding hydrogens is 312 g/mol. The lowest BCUT2D eigenvalue weighted by atomic mass is 10.2. The Morgan fingerprint density at radius 1 is 1.39 bits per heavy atom. The Bertz CT molecular complexity index is 760. The summed E-state index contributed by atoms with van der Waals surface area (Å²) in [5.41, 5.74) is 1.81. The maximum Gasteiger partial charge on any atom is 0.331 e. The Morgan fingerprint density at radius 3 is 2.91 bits per heavy atom. The number of ether oxygens (including phenoxy) is 1. The highest BCUT2D eigenvalue weighted by atomic mass is 32.1. The molecule has 0 bridgehead atoms. The number of amides is 1. The van der Waals surface area contributed by atoms with E-state index >= 15 is 0 Å². The van der Waals surface area contributed by atoms with Crippen molar-refractivity contribution in [3.05, 3.63) is 58.3 Å². The van der Waals surface area contributed by atoms with E-state index in [9.17, 15) is 9.59 Å². The fraction of sp³-hybridized carbons (Fsp3) is 0.118. The van der Waals surface area contributed by atoms with Gasteiger partial charge in [-0.25, -0.2) is 4.79 Å². The molecule has 1 aromatic heterocycles. The van der Waals surface area contributed by atoms with E-state index in [0.717, 1.165) is 5.56 Å². The molecule has 1 N–H and O–H groups in total. The third-order valence-electron chi connectivity index (χ3n) is 2.88. The first-order valence-electron chi connectivity index (χ1n) is 6.80. The van der Waals surface area contributed by atoms with Gasteiger partial charge in [-0.1, -0.05) is 6.07 Å². The first kappa shape index (κ1) is 16.5. The van der Waals surface area contributed by atoms with Crippen molar-refractivity contribution in [1.82, 2.24) is 0 Å². The number of hydrogen-bond acceptors (Lipinski definition) is 5. The molecule has 0 aliphatic heterocycles. The summed E-state index contributed by atoms with van der Waals surface area (Å²) in [4.78, 5) is 23.7. The Hall–Kier alpha value is -2.91. The molecule has 0 radical (unpaired) electrons. The second-order valence-electron chi connectivity index (χ2n) is 4.65. The molecule has 2 rings (SSSR count). The zero-order chi connectivity index (χ0) is 16.7. The fourth-order valence-electron chi connectivity index (χ4n) is 1.71. The van der Waals surface area contributed by atoms with Gasteiger partial charge in [-0.15, -0.1) is 0 Å². The molecule has 0 aliphatic carbocycles. The minimum Gasteiger partial charge on any atom is -0.449 e. The number of rotatable bonds is 5. The highest BCUT2D eigenvalue weighted by molar-refractivity contribution is 7.08. The summed E-state index contributed by atoms with van der Waals surface area (Å²) in [5.74, 6) is -1.05. The van der Waals surface area contributed by atoms with Gasteiger partial charge in [0.1, 0.15) is 0 Å². The first-order valence-corrected chi connectivity index (χ1v) is 7.74. The van der Waals surface area contributed by atoms with E-state index in [0.29, 0.717) is 11.3 Å². The van der Waals surface area contributed by atoms with Gasteiger partial charge < -0.3 is 10.1 Å². The third kappa shape index (κ3) is 5.09. The summed E-state index contributed by atoms with van der Waals surface area (Å²) in [6.07, 6.45) is 1.96. The van der Waals surface area contributed by atoms with Crippen LogP contribution in [-0.2, 0) is 14.3 Å². The first-order chi connectivity index (χ1) is 11.1. The molecule has 1 atom stereocenters. The summed E-state index contributed by atoms with van der Waals surface area (Å²) in [7, 11) is 0. The van der Waals surface area contributed by atoms with Gasteiger partial charge in [0, 0.05) is 11.8 Å². The van der Waals surface area contributed by atoms with E-state index in [1.165, 1.54) is 24.3 Å². The number of nitriles is 1. The monoisotopic (exact) mass is 326 g/mol. The van der Waals surface area contributed by atoms with Crippen LogP contribution in [0.5, 0.6) is 0 Å². The van der Waals surface area contributed by atoms with Crippen LogP contribution in [0.3, 0.4) is 0 Å². The highest BCUT2D eigenvalue weighted by Gasteiger charge is 2.16. The molecular formula is C17H14N2O3S. The standard InChI is InChI=1S/C17H14N2O3S/c1-12(22-16(20)6-5-13-7-8-23-11-13)17(21)19-15-4-2-3-14(9-15)10-18/h2-9,11-12H,1H3,(H,19,21)/b6-5+/t12-/m1/s1. The van der Waals surface area contributed by atoms with Crippen LogP contribution in [-0.4, -0.2) is 18.0 Å². The van der Waals surface area contributed by atoms with Crippen LogP contribution < -0.4 is 5.32 Å². The summed E-state index contributed by atoms with van der Waals surface area (Å²) >= 11 is 1.52. The van der Waals surface area contributed by atoms with Gasteiger partial charge in [-0.2, -0.15) is 16.6 Å². The average Bonchev–Trinajstić information content (AvgIpc) is 3.06. The predicted octanol–water partition coefficient (Wildman–Crippen LogP) is 3.20. The number of nitrogens with one attached hydrogen (secondary N) is 1. The largest absolute Gasteiger partial charge is 0.449 e. The van der Waals surface area contributed by atoms with E-state index < -0.39 is 18.0 Å². The Kier molecular flexibility index (Phi) is 5.67. The van der Waals surface area contributed by atoms with Crippen molar-refractivity contribution >= 4 is 35.0 Å². The average molecular weight is 326 g/mol. The number of anilines is 1. The minimum atomic E-state index is -0.944. The van der Waals surface area contributed by atoms with E-state index in [2.05, 4.69) is 5.32 Å². The summed E-state index contributed by atoms with van der Waals surface area (Å²) in [6.45, 7) is 1.49. The Balaban J connectivity index is 1.89. The van der Waals surface area contributed by atoms with Crippen LogP contribution in [0.4, 0.5) is 5.69 Å². The van der Waals surface area contributed by atoms with Crippen molar-refractivity contribution in [2.45, 2.75) is 13.0 Å². The molecule has 116 valence electrons. The second-order valence-corrected chi connectivity index (χ2v) is 5.43. The molecule has 1 heterocycles. The number of thiophene rings is 1. The van der Waals surface area contributed by atoms with Crippen molar-refractivity contribution in [3.63, 3.8) is 0 Å². The van der Waals surface area contributed by atoms with Crippen LogP contribution in [0.25, 0.3) is 6.08 Å². The van der Waals surface area contributed by atoms with Gasteiger partial charge in [0.25, 0.3) is 5.91 Å². The van der Waals surface area contributed by atoms with Gasteiger partial charge in [0.05, 0.1) is 11.6 Å². The van der Waals surface area contributed by atoms with E-state index in [4.69, 9.17) is 10.00 Å². The van der Waals surface area contributed by atoms with Crippen molar-refractivity contribution in [1.29, 1.82) is 5.26 Å². The number of esters is 1. The number of nitrogens with zero attached hydrogens (tertiary/aromatic N) is 1. The van der Waals surface area contributed by atoms with Crippen LogP contribution in [0.1, 0.15) is 18.1 Å². The van der Waals surface area contributed by atoms with E-state index in [1.807, 2.05) is 22.9 Å². The second kappa shape index (κ2) is 7.92. The lowest BCUT2D eigenvalue weighted by Crippen LogP contribution is -2.29. The number of carbonyl (C=O) groups is 2. The maximum atomic E-state index is 12.0. The number of hydrogen-bond donors (Lipinski definition) is 1. The third-order valence-corrected chi connectivity index (χ3v) is 3.58. The molecule has 0 aliphatic rings. The van der Waals surface area contributed by atoms with E-state index in [1.54, 1.807) is 30.3 Å². The minimum absolute atomic E-state index is 0.436. The molecule has 1 amide bonds. The number of benzene rings is 1. The molecule has 2 aromatic rings. The summed E-state index contributed by atoms with van der Waals surface area (Å²) in [6, 6.07) is 10.4. The van der Waals surface area contributed by atoms with Crippen LogP contribution in [0.2, 0.25) is 0 Å². The maximum absolute atomic E-state index is 12.0. The lowest BCUT2D eigenvalue weighted by molar-refractivity contribution is -0.148. The quantitative estimate of drug-likeness (QED) is 0.676. The van der Waals surface area contributed by atoms with Gasteiger partial charge >= 0.3 is 5.97 Å². The topological polar surface area (TPSA) is 79.2 Å². The zero-order valence-corrected chi connectivity index (χ0v) is 13.2. The molecule has 1 aromatic carbocycles. The SMILES string of the molecule is C[C@@H](OC(=O)/C=C/c1ccsc1)C(=O)Nc1cccc(C#N)c1. The lowest BCUT2D eigenvalue weighted by Gasteiger charge is -2.12. The highest BCUT2D eigenvalue weighted by Crippen LogP contribution is 2.11. The summed E-state index contributed by atoms with van der Waals surface area (Å²) < 4.78 is 5.04. The normalized spacial score (nSPS) is 11.7. The van der Waals surface area contributed by atoms with E-state index in [-0.39, 0.29) is 0 Å². The smallest absolute Gasteiger partial charge is 0.331 e. The molecule has 0 spiro atoms. The van der Waals surface area contributed by atoms with Gasteiger partial charge in [0.15, 0.2) is 6.10 Å². The van der Waals surface area contributed by atoms with Crippen LogP contribution >= 0.6 is 11.3 Å². The van der Waals surface area contributed by atoms with Gasteiger partial charge in [-0.05, 0) is 53.6 Å². The summed E-state index contributed by atoms with van der Waals surface area (Å²) in [5, 5.41) is 15.2.